The van der Waals surface area contributed by atoms with Crippen LogP contribution >= 0.6 is 0 Å². The van der Waals surface area contributed by atoms with Crippen molar-refractivity contribution in [2.75, 3.05) is 0 Å². The second kappa shape index (κ2) is 10.2. The summed E-state index contributed by atoms with van der Waals surface area (Å²) in [6, 6.07) is 43.5. The lowest BCUT2D eigenvalue weighted by Gasteiger charge is -2.44. The standard InChI is InChI=1S/C36H28O4/c37-29-16-8-25(9-17-29)35(34-7-3-5-24-4-1-2-6-33(24)34)36(26-10-18-30(38)19-11-26,27-12-20-31(39)21-13-27)28-14-22-32(40)23-15-28/h1-23,35,37-40H. The van der Waals surface area contributed by atoms with Crippen molar-refractivity contribution < 1.29 is 20.4 Å². The van der Waals surface area contributed by atoms with Gasteiger partial charge in [-0.1, -0.05) is 91.0 Å². The fourth-order valence-electron chi connectivity index (χ4n) is 6.00. The zero-order chi connectivity index (χ0) is 27.7. The molecule has 0 aliphatic carbocycles. The van der Waals surface area contributed by atoms with Crippen LogP contribution in [0.3, 0.4) is 0 Å². The van der Waals surface area contributed by atoms with Crippen LogP contribution in [0.25, 0.3) is 10.8 Å². The van der Waals surface area contributed by atoms with Crippen molar-refractivity contribution in [3.8, 4) is 23.0 Å². The van der Waals surface area contributed by atoms with Gasteiger partial charge in [0.2, 0.25) is 0 Å². The van der Waals surface area contributed by atoms with E-state index in [1.165, 1.54) is 0 Å². The van der Waals surface area contributed by atoms with Crippen molar-refractivity contribution in [2.24, 2.45) is 0 Å². The van der Waals surface area contributed by atoms with Crippen molar-refractivity contribution in [3.63, 3.8) is 0 Å². The first kappa shape index (κ1) is 25.1. The molecular formula is C36H28O4. The predicted octanol–water partition coefficient (Wildman–Crippen LogP) is 7.83. The van der Waals surface area contributed by atoms with Crippen LogP contribution in [0.4, 0.5) is 0 Å². The van der Waals surface area contributed by atoms with Crippen LogP contribution in [0.5, 0.6) is 23.0 Å². The van der Waals surface area contributed by atoms with Gasteiger partial charge in [-0.2, -0.15) is 0 Å². The molecule has 1 unspecified atom stereocenters. The van der Waals surface area contributed by atoms with Crippen LogP contribution in [0.15, 0.2) is 140 Å². The summed E-state index contributed by atoms with van der Waals surface area (Å²) in [4.78, 5) is 0. The smallest absolute Gasteiger partial charge is 0.115 e. The summed E-state index contributed by atoms with van der Waals surface area (Å²) in [5.41, 5.74) is 3.87. The molecule has 0 saturated carbocycles. The van der Waals surface area contributed by atoms with Gasteiger partial charge in [0, 0.05) is 5.92 Å². The molecule has 4 N–H and O–H groups in total. The van der Waals surface area contributed by atoms with E-state index in [2.05, 4.69) is 30.3 Å². The molecule has 4 nitrogen and oxygen atoms in total. The Morgan fingerprint density at radius 1 is 0.400 bits per heavy atom. The third-order valence-corrected chi connectivity index (χ3v) is 7.76. The number of hydrogen-bond donors (Lipinski definition) is 4. The van der Waals surface area contributed by atoms with Gasteiger partial charge in [0.15, 0.2) is 0 Å². The van der Waals surface area contributed by atoms with E-state index < -0.39 is 5.41 Å². The Hall–Kier alpha value is -5.22. The van der Waals surface area contributed by atoms with Gasteiger partial charge in [-0.3, -0.25) is 0 Å². The van der Waals surface area contributed by atoms with Gasteiger partial charge < -0.3 is 20.4 Å². The number of phenols is 4. The maximum atomic E-state index is 10.3. The molecule has 0 amide bonds. The number of rotatable bonds is 6. The number of hydrogen-bond acceptors (Lipinski definition) is 4. The van der Waals surface area contributed by atoms with Crippen molar-refractivity contribution >= 4 is 10.8 Å². The summed E-state index contributed by atoms with van der Waals surface area (Å²) >= 11 is 0. The Morgan fingerprint density at radius 2 is 0.800 bits per heavy atom. The monoisotopic (exact) mass is 524 g/mol. The largest absolute Gasteiger partial charge is 0.508 e. The Bertz CT molecular complexity index is 1640. The molecular weight excluding hydrogens is 496 g/mol. The van der Waals surface area contributed by atoms with Gasteiger partial charge in [0.1, 0.15) is 23.0 Å². The quantitative estimate of drug-likeness (QED) is 0.167. The lowest BCUT2D eigenvalue weighted by molar-refractivity contribution is 0.468. The first-order chi connectivity index (χ1) is 19.5. The molecule has 0 spiro atoms. The van der Waals surface area contributed by atoms with Crippen molar-refractivity contribution in [1.82, 2.24) is 0 Å². The number of fused-ring (bicyclic) bond motifs is 1. The minimum Gasteiger partial charge on any atom is -0.508 e. The molecule has 196 valence electrons. The molecule has 0 saturated heterocycles. The molecule has 0 bridgehead atoms. The van der Waals surface area contributed by atoms with Crippen LogP contribution in [-0.4, -0.2) is 20.4 Å². The van der Waals surface area contributed by atoms with Gasteiger partial charge in [-0.15, -0.1) is 0 Å². The maximum Gasteiger partial charge on any atom is 0.115 e. The molecule has 6 aromatic rings. The summed E-state index contributed by atoms with van der Waals surface area (Å²) in [5, 5.41) is 43.3. The highest BCUT2D eigenvalue weighted by Gasteiger charge is 2.46. The van der Waals surface area contributed by atoms with E-state index in [4.69, 9.17) is 0 Å². The third kappa shape index (κ3) is 4.30. The summed E-state index contributed by atoms with van der Waals surface area (Å²) in [7, 11) is 0. The highest BCUT2D eigenvalue weighted by molar-refractivity contribution is 5.87. The summed E-state index contributed by atoms with van der Waals surface area (Å²) in [6.45, 7) is 0. The summed E-state index contributed by atoms with van der Waals surface area (Å²) < 4.78 is 0. The van der Waals surface area contributed by atoms with E-state index in [0.717, 1.165) is 38.6 Å². The molecule has 4 heteroatoms. The van der Waals surface area contributed by atoms with E-state index in [0.29, 0.717) is 0 Å². The summed E-state index contributed by atoms with van der Waals surface area (Å²) in [5.74, 6) is 0.295. The number of phenolic OH excluding ortho intramolecular Hbond substituents is 4. The number of aromatic hydroxyl groups is 4. The molecule has 40 heavy (non-hydrogen) atoms. The average molecular weight is 525 g/mol. The molecule has 0 aromatic heterocycles. The van der Waals surface area contributed by atoms with Gasteiger partial charge in [-0.05, 0) is 87.1 Å². The molecule has 6 rings (SSSR count). The van der Waals surface area contributed by atoms with Crippen LogP contribution in [-0.2, 0) is 5.41 Å². The van der Waals surface area contributed by atoms with Crippen LogP contribution in [0.2, 0.25) is 0 Å². The van der Waals surface area contributed by atoms with E-state index in [-0.39, 0.29) is 28.9 Å². The lowest BCUT2D eigenvalue weighted by Crippen LogP contribution is -2.37. The molecule has 0 radical (unpaired) electrons. The molecule has 1 atom stereocenters. The predicted molar refractivity (Wildman–Crippen MR) is 158 cm³/mol. The van der Waals surface area contributed by atoms with Crippen LogP contribution in [0, 0.1) is 0 Å². The van der Waals surface area contributed by atoms with E-state index >= 15 is 0 Å². The Morgan fingerprint density at radius 3 is 1.27 bits per heavy atom. The fraction of sp³-hybridized carbons (Fsp3) is 0.0556. The van der Waals surface area contributed by atoms with E-state index in [1.54, 1.807) is 48.5 Å². The van der Waals surface area contributed by atoms with Crippen LogP contribution in [0.1, 0.15) is 33.7 Å². The van der Waals surface area contributed by atoms with Crippen molar-refractivity contribution in [1.29, 1.82) is 0 Å². The number of benzene rings is 6. The second-order valence-corrected chi connectivity index (χ2v) is 10.0. The SMILES string of the molecule is Oc1ccc(C(c2cccc3ccccc23)C(c2ccc(O)cc2)(c2ccc(O)cc2)c2ccc(O)cc2)cc1. The minimum absolute atomic E-state index is 0.153. The Labute approximate surface area is 232 Å². The highest BCUT2D eigenvalue weighted by Crippen LogP contribution is 2.54. The maximum absolute atomic E-state index is 10.3. The first-order valence-corrected chi connectivity index (χ1v) is 13.1. The molecule has 6 aromatic carbocycles. The normalized spacial score (nSPS) is 12.3. The van der Waals surface area contributed by atoms with E-state index in [1.807, 2.05) is 60.7 Å². The van der Waals surface area contributed by atoms with Crippen molar-refractivity contribution in [2.45, 2.75) is 11.3 Å². The highest BCUT2D eigenvalue weighted by atomic mass is 16.3. The molecule has 0 heterocycles. The van der Waals surface area contributed by atoms with E-state index in [9.17, 15) is 20.4 Å². The lowest BCUT2D eigenvalue weighted by atomic mass is 9.57. The van der Waals surface area contributed by atoms with Crippen molar-refractivity contribution in [3.05, 3.63) is 167 Å². The zero-order valence-corrected chi connectivity index (χ0v) is 21.6. The van der Waals surface area contributed by atoms with Gasteiger partial charge in [-0.25, -0.2) is 0 Å². The molecule has 0 aliphatic rings. The van der Waals surface area contributed by atoms with Gasteiger partial charge in [0.05, 0.1) is 5.41 Å². The fourth-order valence-corrected chi connectivity index (χ4v) is 6.00. The van der Waals surface area contributed by atoms with Crippen LogP contribution < -0.4 is 0 Å². The minimum atomic E-state index is -0.893. The molecule has 0 fully saturated rings. The van der Waals surface area contributed by atoms with Gasteiger partial charge >= 0.3 is 0 Å². The second-order valence-electron chi connectivity index (χ2n) is 10.0. The zero-order valence-electron chi connectivity index (χ0n) is 21.6. The average Bonchev–Trinajstić information content (AvgIpc) is 2.98. The molecule has 0 aliphatic heterocycles. The topological polar surface area (TPSA) is 80.9 Å². The van der Waals surface area contributed by atoms with Gasteiger partial charge in [0.25, 0.3) is 0 Å². The summed E-state index contributed by atoms with van der Waals surface area (Å²) in [6.07, 6.45) is 0. The third-order valence-electron chi connectivity index (χ3n) is 7.76. The Kier molecular flexibility index (Phi) is 6.37. The first-order valence-electron chi connectivity index (χ1n) is 13.1. The Balaban J connectivity index is 1.82.